The van der Waals surface area contributed by atoms with Crippen LogP contribution >= 0.6 is 23.1 Å². The van der Waals surface area contributed by atoms with Gasteiger partial charge in [0.05, 0.1) is 22.1 Å². The van der Waals surface area contributed by atoms with Crippen LogP contribution in [0.4, 0.5) is 5.95 Å². The number of rotatable bonds is 6. The number of thiophene rings is 1. The van der Waals surface area contributed by atoms with Crippen molar-refractivity contribution in [3.05, 3.63) is 39.7 Å². The van der Waals surface area contributed by atoms with E-state index in [0.717, 1.165) is 22.5 Å². The maximum absolute atomic E-state index is 12.8. The van der Waals surface area contributed by atoms with Crippen molar-refractivity contribution in [2.45, 2.75) is 24.3 Å². The number of nitrogens with zero attached hydrogens (tertiary/aromatic N) is 4. The van der Waals surface area contributed by atoms with Gasteiger partial charge in [-0.15, -0.1) is 11.3 Å². The topological polar surface area (TPSA) is 88.1 Å². The number of carbonyl (C=O) groups excluding carboxylic acids is 2. The fourth-order valence-electron chi connectivity index (χ4n) is 3.13. The average Bonchev–Trinajstić information content (AvgIpc) is 3.34. The summed E-state index contributed by atoms with van der Waals surface area (Å²) in [5.74, 6) is 0.783. The first-order chi connectivity index (χ1) is 13.9. The molecule has 3 aromatic rings. The molecular weight excluding hydrogens is 406 g/mol. The van der Waals surface area contributed by atoms with Crippen LogP contribution in [-0.4, -0.2) is 53.0 Å². The van der Waals surface area contributed by atoms with E-state index in [2.05, 4.69) is 20.3 Å². The largest absolute Gasteiger partial charge is 0.356 e. The molecule has 1 amide bonds. The van der Waals surface area contributed by atoms with E-state index in [1.54, 1.807) is 0 Å². The van der Waals surface area contributed by atoms with Crippen LogP contribution in [-0.2, 0) is 4.79 Å². The van der Waals surface area contributed by atoms with Crippen molar-refractivity contribution in [3.8, 4) is 0 Å². The summed E-state index contributed by atoms with van der Waals surface area (Å²) in [6, 6.07) is 7.56. The lowest BCUT2D eigenvalue weighted by atomic mass is 10.1. The molecule has 4 rings (SSSR count). The van der Waals surface area contributed by atoms with Gasteiger partial charge in [-0.2, -0.15) is 0 Å². The lowest BCUT2D eigenvalue weighted by Gasteiger charge is -2.13. The van der Waals surface area contributed by atoms with Gasteiger partial charge in [-0.25, -0.2) is 15.0 Å². The van der Waals surface area contributed by atoms with Gasteiger partial charge in [0, 0.05) is 31.2 Å². The molecule has 3 aromatic heterocycles. The Morgan fingerprint density at radius 2 is 2.07 bits per heavy atom. The quantitative estimate of drug-likeness (QED) is 0.367. The highest BCUT2D eigenvalue weighted by Gasteiger charge is 2.27. The van der Waals surface area contributed by atoms with Gasteiger partial charge in [-0.3, -0.25) is 9.59 Å². The molecule has 0 bridgehead atoms. The first-order valence-electron chi connectivity index (χ1n) is 9.28. The summed E-state index contributed by atoms with van der Waals surface area (Å²) in [6.45, 7) is 2.62. The fraction of sp³-hybridized carbons (Fsp3) is 0.350. The standard InChI is InChI=1S/C20H21N5O2S2/c1-11-4-5-13-17(22-11)19(24-20(23-13)25(2)3)28-10-14(26)16-7-6-15(29-16)12-8-9-21-18(12)27/h4-7,12H,8-10H2,1-3H3,(H,21,27). The minimum Gasteiger partial charge on any atom is -0.356 e. The summed E-state index contributed by atoms with van der Waals surface area (Å²) in [5.41, 5.74) is 2.35. The number of amides is 1. The number of aromatic nitrogens is 3. The van der Waals surface area contributed by atoms with E-state index >= 15 is 0 Å². The van der Waals surface area contributed by atoms with E-state index in [-0.39, 0.29) is 23.4 Å². The molecule has 0 spiro atoms. The van der Waals surface area contributed by atoms with Gasteiger partial charge >= 0.3 is 0 Å². The summed E-state index contributed by atoms with van der Waals surface area (Å²) in [5, 5.41) is 3.54. The Morgan fingerprint density at radius 3 is 2.79 bits per heavy atom. The van der Waals surface area contributed by atoms with E-state index in [1.807, 2.05) is 50.2 Å². The van der Waals surface area contributed by atoms with Gasteiger partial charge < -0.3 is 10.2 Å². The Morgan fingerprint density at radius 1 is 1.24 bits per heavy atom. The number of anilines is 1. The van der Waals surface area contributed by atoms with Crippen molar-refractivity contribution in [3.63, 3.8) is 0 Å². The first-order valence-corrected chi connectivity index (χ1v) is 11.1. The molecule has 7 nitrogen and oxygen atoms in total. The molecule has 4 heterocycles. The molecule has 0 radical (unpaired) electrons. The lowest BCUT2D eigenvalue weighted by molar-refractivity contribution is -0.120. The molecule has 1 aliphatic heterocycles. The SMILES string of the molecule is Cc1ccc2nc(N(C)C)nc(SCC(=O)c3ccc(C4CCNC4=O)s3)c2n1. The Labute approximate surface area is 177 Å². The highest BCUT2D eigenvalue weighted by Crippen LogP contribution is 2.32. The maximum atomic E-state index is 12.8. The third kappa shape index (κ3) is 4.11. The Hall–Kier alpha value is -2.52. The number of carbonyl (C=O) groups is 2. The highest BCUT2D eigenvalue weighted by atomic mass is 32.2. The predicted octanol–water partition coefficient (Wildman–Crippen LogP) is 3.04. The molecule has 1 atom stereocenters. The number of nitrogens with one attached hydrogen (secondary N) is 1. The maximum Gasteiger partial charge on any atom is 0.228 e. The van der Waals surface area contributed by atoms with Crippen molar-refractivity contribution >= 4 is 51.8 Å². The van der Waals surface area contributed by atoms with Crippen LogP contribution in [0, 0.1) is 6.92 Å². The third-order valence-corrected chi connectivity index (χ3v) is 6.88. The zero-order chi connectivity index (χ0) is 20.5. The third-order valence-electron chi connectivity index (χ3n) is 4.67. The number of ketones is 1. The zero-order valence-corrected chi connectivity index (χ0v) is 18.1. The van der Waals surface area contributed by atoms with Crippen LogP contribution in [0.15, 0.2) is 29.3 Å². The van der Waals surface area contributed by atoms with Crippen LogP contribution in [0.5, 0.6) is 0 Å². The molecular formula is C20H21N5O2S2. The summed E-state index contributed by atoms with van der Waals surface area (Å²) in [6.07, 6.45) is 0.785. The molecule has 150 valence electrons. The molecule has 1 N–H and O–H groups in total. The molecule has 0 saturated carbocycles. The number of Topliss-reactive ketones (excluding diaryl/α,β-unsaturated/α-hetero) is 1. The normalized spacial score (nSPS) is 16.2. The summed E-state index contributed by atoms with van der Waals surface area (Å²) >= 11 is 2.78. The second-order valence-corrected chi connectivity index (χ2v) is 9.17. The van der Waals surface area contributed by atoms with Crippen molar-refractivity contribution < 1.29 is 9.59 Å². The minimum absolute atomic E-state index is 0.0236. The summed E-state index contributed by atoms with van der Waals surface area (Å²) in [4.78, 5) is 41.8. The van der Waals surface area contributed by atoms with E-state index < -0.39 is 0 Å². The minimum atomic E-state index is -0.130. The van der Waals surface area contributed by atoms with Crippen LogP contribution in [0.2, 0.25) is 0 Å². The van der Waals surface area contributed by atoms with E-state index in [1.165, 1.54) is 23.1 Å². The van der Waals surface area contributed by atoms with Gasteiger partial charge in [0.15, 0.2) is 5.78 Å². The Balaban J connectivity index is 1.55. The van der Waals surface area contributed by atoms with Crippen LogP contribution in [0.1, 0.15) is 32.6 Å². The second kappa shape index (κ2) is 8.08. The monoisotopic (exact) mass is 427 g/mol. The number of pyridine rings is 1. The molecule has 1 unspecified atom stereocenters. The molecule has 9 heteroatoms. The van der Waals surface area contributed by atoms with E-state index in [0.29, 0.717) is 27.9 Å². The van der Waals surface area contributed by atoms with Crippen molar-refractivity contribution in [2.24, 2.45) is 0 Å². The highest BCUT2D eigenvalue weighted by molar-refractivity contribution is 8.00. The number of hydrogen-bond acceptors (Lipinski definition) is 8. The molecule has 1 aliphatic rings. The fourth-order valence-corrected chi connectivity index (χ4v) is 5.16. The number of aryl methyl sites for hydroxylation is 1. The van der Waals surface area contributed by atoms with Gasteiger partial charge in [0.2, 0.25) is 11.9 Å². The predicted molar refractivity (Wildman–Crippen MR) is 116 cm³/mol. The van der Waals surface area contributed by atoms with Gasteiger partial charge in [0.25, 0.3) is 0 Å². The van der Waals surface area contributed by atoms with E-state index in [9.17, 15) is 9.59 Å². The molecule has 1 saturated heterocycles. The second-order valence-electron chi connectivity index (χ2n) is 7.09. The number of hydrogen-bond donors (Lipinski definition) is 1. The first kappa shape index (κ1) is 19.8. The Bertz CT molecular complexity index is 1100. The molecule has 29 heavy (non-hydrogen) atoms. The number of thioether (sulfide) groups is 1. The van der Waals surface area contributed by atoms with Crippen molar-refractivity contribution in [2.75, 3.05) is 31.3 Å². The van der Waals surface area contributed by atoms with Crippen LogP contribution in [0.25, 0.3) is 11.0 Å². The van der Waals surface area contributed by atoms with Crippen molar-refractivity contribution in [1.82, 2.24) is 20.3 Å². The summed E-state index contributed by atoms with van der Waals surface area (Å²) in [7, 11) is 3.77. The van der Waals surface area contributed by atoms with Crippen LogP contribution in [0.3, 0.4) is 0 Å². The zero-order valence-electron chi connectivity index (χ0n) is 16.4. The molecule has 0 aliphatic carbocycles. The summed E-state index contributed by atoms with van der Waals surface area (Å²) < 4.78 is 0. The van der Waals surface area contributed by atoms with Gasteiger partial charge in [-0.05, 0) is 37.6 Å². The Kier molecular flexibility index (Phi) is 5.51. The van der Waals surface area contributed by atoms with Crippen molar-refractivity contribution in [1.29, 1.82) is 0 Å². The van der Waals surface area contributed by atoms with Gasteiger partial charge in [0.1, 0.15) is 10.5 Å². The van der Waals surface area contributed by atoms with Crippen LogP contribution < -0.4 is 10.2 Å². The lowest BCUT2D eigenvalue weighted by Crippen LogP contribution is -2.17. The van der Waals surface area contributed by atoms with Gasteiger partial charge in [-0.1, -0.05) is 11.8 Å². The number of fused-ring (bicyclic) bond motifs is 1. The smallest absolute Gasteiger partial charge is 0.228 e. The molecule has 1 fully saturated rings. The average molecular weight is 428 g/mol. The van der Waals surface area contributed by atoms with E-state index in [4.69, 9.17) is 0 Å². The molecule has 0 aromatic carbocycles.